The normalized spacial score (nSPS) is 17.1. The lowest BCUT2D eigenvalue weighted by Gasteiger charge is -2.10. The first-order chi connectivity index (χ1) is 14.7. The van der Waals surface area contributed by atoms with Gasteiger partial charge in [0.05, 0.1) is 36.3 Å². The predicted molar refractivity (Wildman–Crippen MR) is 122 cm³/mol. The van der Waals surface area contributed by atoms with Gasteiger partial charge in [-0.1, -0.05) is 30.0 Å². The van der Waals surface area contributed by atoms with E-state index in [1.807, 2.05) is 12.1 Å². The summed E-state index contributed by atoms with van der Waals surface area (Å²) in [6, 6.07) is 10.5. The van der Waals surface area contributed by atoms with Crippen molar-refractivity contribution in [1.29, 1.82) is 0 Å². The molecule has 1 aliphatic rings. The molecule has 3 heterocycles. The number of para-hydroxylation sites is 1. The highest BCUT2D eigenvalue weighted by Gasteiger charge is 2.27. The first-order valence-electron chi connectivity index (χ1n) is 9.24. The topological polar surface area (TPSA) is 131 Å². The molecule has 2 N–H and O–H groups in total. The predicted octanol–water partition coefficient (Wildman–Crippen LogP) is 2.51. The Morgan fingerprint density at radius 1 is 1.23 bits per heavy atom. The number of anilines is 1. The van der Waals surface area contributed by atoms with Crippen LogP contribution in [-0.4, -0.2) is 56.5 Å². The number of nitrogens with zero attached hydrogens (tertiary/aromatic N) is 2. The molecule has 164 valence electrons. The third-order valence-electron chi connectivity index (χ3n) is 4.71. The number of benzene rings is 1. The molecule has 12 heteroatoms. The first-order valence-corrected chi connectivity index (χ1v) is 13.2. The van der Waals surface area contributed by atoms with Gasteiger partial charge < -0.3 is 4.98 Å². The zero-order valence-electron chi connectivity index (χ0n) is 16.7. The van der Waals surface area contributed by atoms with Gasteiger partial charge >= 0.3 is 0 Å². The minimum atomic E-state index is -3.87. The van der Waals surface area contributed by atoms with Gasteiger partial charge in [-0.25, -0.2) is 4.98 Å². The summed E-state index contributed by atoms with van der Waals surface area (Å²) in [7, 11) is -6.31. The smallest absolute Gasteiger partial charge is 0.279 e. The van der Waals surface area contributed by atoms with Gasteiger partial charge in [0.25, 0.3) is 20.1 Å². The van der Waals surface area contributed by atoms with Crippen molar-refractivity contribution in [3.8, 4) is 0 Å². The molecule has 0 amide bonds. The largest absolute Gasteiger partial charge is 0.351 e. The highest BCUT2D eigenvalue weighted by atomic mass is 32.2. The Morgan fingerprint density at radius 2 is 2.03 bits per heavy atom. The Morgan fingerprint density at radius 3 is 2.77 bits per heavy atom. The number of hydrogen-bond acceptors (Lipinski definition) is 8. The molecule has 0 saturated heterocycles. The molecule has 0 spiro atoms. The zero-order valence-corrected chi connectivity index (χ0v) is 19.1. The van der Waals surface area contributed by atoms with Crippen LogP contribution in [0.4, 0.5) is 5.69 Å². The maximum atomic E-state index is 12.8. The van der Waals surface area contributed by atoms with Crippen molar-refractivity contribution >= 4 is 53.5 Å². The minimum absolute atomic E-state index is 0.0308. The lowest BCUT2D eigenvalue weighted by Crippen LogP contribution is -2.20. The molecule has 1 atom stereocenters. The maximum Gasteiger partial charge on any atom is 0.279 e. The van der Waals surface area contributed by atoms with E-state index in [4.69, 9.17) is 0 Å². The Hall–Kier alpha value is -2.41. The van der Waals surface area contributed by atoms with Gasteiger partial charge in [-0.05, 0) is 30.7 Å². The monoisotopic (exact) mass is 480 g/mol. The molecule has 0 radical (unpaired) electrons. The van der Waals surface area contributed by atoms with E-state index in [0.29, 0.717) is 34.0 Å². The van der Waals surface area contributed by atoms with Crippen molar-refractivity contribution in [2.45, 2.75) is 17.2 Å². The quantitative estimate of drug-likeness (QED) is 0.497. The Balaban J connectivity index is 1.61. The number of fused-ring (bicyclic) bond motifs is 1. The summed E-state index contributed by atoms with van der Waals surface area (Å²) in [5.41, 5.74) is 2.22. The molecular weight excluding hydrogens is 460 g/mol. The minimum Gasteiger partial charge on any atom is -0.351 e. The first kappa shape index (κ1) is 21.8. The van der Waals surface area contributed by atoms with Gasteiger partial charge in [0.15, 0.2) is 5.03 Å². The van der Waals surface area contributed by atoms with Crippen LogP contribution >= 0.6 is 11.8 Å². The summed E-state index contributed by atoms with van der Waals surface area (Å²) in [6.45, 7) is 2.04. The van der Waals surface area contributed by atoms with E-state index < -0.39 is 20.1 Å². The SMILES string of the molecule is COS(=O)(=O)CC1CN=C(c2cc3cccc(NS(=O)(=O)c4ncccc4C)c3[nH]2)S1. The molecule has 1 unspecified atom stereocenters. The number of hydrogen-bond donors (Lipinski definition) is 2. The number of H-pyrrole nitrogens is 1. The van der Waals surface area contributed by atoms with Crippen molar-refractivity contribution in [1.82, 2.24) is 9.97 Å². The van der Waals surface area contributed by atoms with E-state index in [0.717, 1.165) is 12.5 Å². The fourth-order valence-corrected chi connectivity index (χ4v) is 6.82. The van der Waals surface area contributed by atoms with Gasteiger partial charge in [0, 0.05) is 16.8 Å². The van der Waals surface area contributed by atoms with Crippen LogP contribution in [0.25, 0.3) is 10.9 Å². The van der Waals surface area contributed by atoms with Gasteiger partial charge in [-0.3, -0.25) is 13.9 Å². The second-order valence-corrected chi connectivity index (χ2v) is 11.6. The van der Waals surface area contributed by atoms with E-state index >= 15 is 0 Å². The Kier molecular flexibility index (Phi) is 5.81. The molecule has 0 aliphatic carbocycles. The van der Waals surface area contributed by atoms with Crippen molar-refractivity contribution in [2.24, 2.45) is 4.99 Å². The number of aromatic amines is 1. The van der Waals surface area contributed by atoms with Crippen molar-refractivity contribution in [3.63, 3.8) is 0 Å². The summed E-state index contributed by atoms with van der Waals surface area (Å²) < 4.78 is 56.2. The van der Waals surface area contributed by atoms with Gasteiger partial charge in [0.2, 0.25) is 0 Å². The highest BCUT2D eigenvalue weighted by molar-refractivity contribution is 8.15. The number of sulfonamides is 1. The van der Waals surface area contributed by atoms with Crippen LogP contribution in [0.15, 0.2) is 52.6 Å². The highest BCUT2D eigenvalue weighted by Crippen LogP contribution is 2.31. The molecule has 4 rings (SSSR count). The van der Waals surface area contributed by atoms with Crippen LogP contribution in [0.2, 0.25) is 0 Å². The molecule has 3 aromatic rings. The van der Waals surface area contributed by atoms with E-state index in [1.54, 1.807) is 31.2 Å². The molecule has 0 bridgehead atoms. The standard InChI is InChI=1S/C19H20N4O5S3/c1-12-5-4-8-20-19(12)31(26,27)23-15-7-3-6-13-9-16(22-17(13)15)18-21-10-14(29-18)11-30(24,25)28-2/h3-9,14,22-23H,10-11H2,1-2H3. The van der Waals surface area contributed by atoms with E-state index in [9.17, 15) is 16.8 Å². The van der Waals surface area contributed by atoms with Gasteiger partial charge in [-0.15, -0.1) is 0 Å². The summed E-state index contributed by atoms with van der Waals surface area (Å²) >= 11 is 1.35. The van der Waals surface area contributed by atoms with Crippen LogP contribution in [0.5, 0.6) is 0 Å². The van der Waals surface area contributed by atoms with Gasteiger partial charge in [-0.2, -0.15) is 16.8 Å². The number of aryl methyl sites for hydroxylation is 1. The second kappa shape index (κ2) is 8.26. The maximum absolute atomic E-state index is 12.8. The van der Waals surface area contributed by atoms with E-state index in [-0.39, 0.29) is 16.0 Å². The third kappa shape index (κ3) is 4.61. The fraction of sp³-hybridized carbons (Fsp3) is 0.263. The number of nitrogens with one attached hydrogen (secondary N) is 2. The molecular formula is C19H20N4O5S3. The van der Waals surface area contributed by atoms with Crippen LogP contribution in [0.1, 0.15) is 11.3 Å². The number of pyridine rings is 1. The molecule has 2 aromatic heterocycles. The summed E-state index contributed by atoms with van der Waals surface area (Å²) in [5.74, 6) is -0.129. The Bertz CT molecular complexity index is 1380. The van der Waals surface area contributed by atoms with Crippen LogP contribution in [0.3, 0.4) is 0 Å². The van der Waals surface area contributed by atoms with E-state index in [2.05, 4.69) is 23.9 Å². The van der Waals surface area contributed by atoms with Crippen molar-refractivity contribution in [2.75, 3.05) is 24.1 Å². The molecule has 0 fully saturated rings. The third-order valence-corrected chi connectivity index (χ3v) is 8.88. The van der Waals surface area contributed by atoms with Gasteiger partial charge in [0.1, 0.15) is 5.04 Å². The number of aromatic nitrogens is 2. The zero-order chi connectivity index (χ0) is 22.2. The lowest BCUT2D eigenvalue weighted by atomic mass is 10.2. The van der Waals surface area contributed by atoms with Crippen LogP contribution in [0, 0.1) is 6.92 Å². The van der Waals surface area contributed by atoms with Crippen molar-refractivity contribution < 1.29 is 21.0 Å². The average molecular weight is 481 g/mol. The second-order valence-electron chi connectivity index (χ2n) is 6.96. The summed E-state index contributed by atoms with van der Waals surface area (Å²) in [4.78, 5) is 11.7. The van der Waals surface area contributed by atoms with Crippen LogP contribution < -0.4 is 4.72 Å². The number of aliphatic imine (C=N–C) groups is 1. The van der Waals surface area contributed by atoms with E-state index in [1.165, 1.54) is 18.0 Å². The average Bonchev–Trinajstić information content (AvgIpc) is 3.35. The lowest BCUT2D eigenvalue weighted by molar-refractivity contribution is 0.397. The summed E-state index contributed by atoms with van der Waals surface area (Å²) in [6.07, 6.45) is 1.44. The number of rotatable bonds is 7. The molecule has 1 aromatic carbocycles. The Labute approximate surface area is 184 Å². The fourth-order valence-electron chi connectivity index (χ4n) is 3.25. The molecule has 1 aliphatic heterocycles. The van der Waals surface area contributed by atoms with Crippen molar-refractivity contribution in [3.05, 3.63) is 53.9 Å². The summed E-state index contributed by atoms with van der Waals surface area (Å²) in [5, 5.41) is 1.19. The van der Waals surface area contributed by atoms with Crippen LogP contribution in [-0.2, 0) is 24.3 Å². The number of thioether (sulfide) groups is 1. The molecule has 31 heavy (non-hydrogen) atoms. The molecule has 9 nitrogen and oxygen atoms in total. The molecule has 0 saturated carbocycles.